The lowest BCUT2D eigenvalue weighted by molar-refractivity contribution is -0.129. The Morgan fingerprint density at radius 3 is 2.68 bits per heavy atom. The van der Waals surface area contributed by atoms with E-state index >= 15 is 0 Å². The third kappa shape index (κ3) is 2.93. The number of carbonyl (C=O) groups excluding carboxylic acids is 3. The van der Waals surface area contributed by atoms with E-state index in [0.29, 0.717) is 38.2 Å². The molecule has 4 rings (SSSR count). The van der Waals surface area contributed by atoms with Gasteiger partial charge in [0.1, 0.15) is 16.9 Å². The predicted octanol–water partition coefficient (Wildman–Crippen LogP) is 1.83. The molecule has 1 N–H and O–H groups in total. The Hall–Kier alpha value is -2.90. The number of fused-ring (bicyclic) bond motifs is 1. The number of urea groups is 1. The number of aryl methyl sites for hydroxylation is 1. The van der Waals surface area contributed by atoms with Gasteiger partial charge in [0.2, 0.25) is 0 Å². The van der Waals surface area contributed by atoms with E-state index in [9.17, 15) is 14.4 Å². The number of hydrogen-bond acceptors (Lipinski definition) is 4. The van der Waals surface area contributed by atoms with Crippen molar-refractivity contribution in [3.63, 3.8) is 0 Å². The van der Waals surface area contributed by atoms with E-state index in [4.69, 9.17) is 0 Å². The largest absolute Gasteiger partial charge is 0.337 e. The van der Waals surface area contributed by atoms with Crippen molar-refractivity contribution in [2.75, 3.05) is 19.6 Å². The Bertz CT molecular complexity index is 956. The first-order valence-electron chi connectivity index (χ1n) is 9.68. The Balaban J connectivity index is 1.51. The van der Waals surface area contributed by atoms with Crippen LogP contribution in [0.5, 0.6) is 0 Å². The van der Waals surface area contributed by atoms with E-state index in [-0.39, 0.29) is 23.8 Å². The molecule has 8 nitrogen and oxygen atoms in total. The molecule has 0 aliphatic carbocycles. The maximum Gasteiger partial charge on any atom is 0.325 e. The van der Waals surface area contributed by atoms with Gasteiger partial charge in [0.25, 0.3) is 11.8 Å². The summed E-state index contributed by atoms with van der Waals surface area (Å²) in [6.45, 7) is 7.39. The van der Waals surface area contributed by atoms with Gasteiger partial charge in [0, 0.05) is 32.0 Å². The smallest absolute Gasteiger partial charge is 0.325 e. The number of hydrogen-bond donors (Lipinski definition) is 1. The monoisotopic (exact) mass is 383 g/mol. The molecule has 8 heteroatoms. The summed E-state index contributed by atoms with van der Waals surface area (Å²) in [4.78, 5) is 45.6. The van der Waals surface area contributed by atoms with Gasteiger partial charge in [-0.3, -0.25) is 14.9 Å². The SMILES string of the molecule is Cc1ccn2cc(C(=O)N3CCC4(CC3)C(=O)NC(=O)N4CC(C)C)nc2c1. The topological polar surface area (TPSA) is 87.0 Å². The van der Waals surface area contributed by atoms with E-state index in [0.717, 1.165) is 11.2 Å². The van der Waals surface area contributed by atoms with Crippen LogP contribution in [0.3, 0.4) is 0 Å². The molecule has 0 saturated carbocycles. The van der Waals surface area contributed by atoms with Crippen molar-refractivity contribution < 1.29 is 14.4 Å². The van der Waals surface area contributed by atoms with Crippen LogP contribution in [-0.2, 0) is 4.79 Å². The highest BCUT2D eigenvalue weighted by Crippen LogP contribution is 2.34. The minimum atomic E-state index is -0.839. The summed E-state index contributed by atoms with van der Waals surface area (Å²) in [6.07, 6.45) is 4.50. The van der Waals surface area contributed by atoms with Crippen LogP contribution in [0.15, 0.2) is 24.5 Å². The summed E-state index contributed by atoms with van der Waals surface area (Å²) in [7, 11) is 0. The molecule has 2 aromatic heterocycles. The summed E-state index contributed by atoms with van der Waals surface area (Å²) in [6, 6.07) is 3.57. The lowest BCUT2D eigenvalue weighted by Gasteiger charge is -2.42. The Labute approximate surface area is 163 Å². The van der Waals surface area contributed by atoms with Crippen LogP contribution in [-0.4, -0.2) is 62.2 Å². The molecule has 0 unspecified atom stereocenters. The van der Waals surface area contributed by atoms with Crippen LogP contribution >= 0.6 is 0 Å². The van der Waals surface area contributed by atoms with Gasteiger partial charge in [-0.1, -0.05) is 13.8 Å². The second-order valence-electron chi connectivity index (χ2n) is 8.18. The van der Waals surface area contributed by atoms with Gasteiger partial charge in [0.15, 0.2) is 0 Å². The molecule has 0 radical (unpaired) electrons. The summed E-state index contributed by atoms with van der Waals surface area (Å²) >= 11 is 0. The van der Waals surface area contributed by atoms with E-state index in [1.54, 1.807) is 16.0 Å². The molecule has 2 aromatic rings. The van der Waals surface area contributed by atoms with Crippen molar-refractivity contribution >= 4 is 23.5 Å². The number of likely N-dealkylation sites (tertiary alicyclic amines) is 1. The van der Waals surface area contributed by atoms with Crippen LogP contribution < -0.4 is 5.32 Å². The number of nitrogens with one attached hydrogen (secondary N) is 1. The highest BCUT2D eigenvalue weighted by Gasteiger charge is 2.54. The van der Waals surface area contributed by atoms with Gasteiger partial charge in [0.05, 0.1) is 0 Å². The van der Waals surface area contributed by atoms with Gasteiger partial charge in [-0.15, -0.1) is 0 Å². The highest BCUT2D eigenvalue weighted by atomic mass is 16.2. The Morgan fingerprint density at radius 2 is 2.00 bits per heavy atom. The Morgan fingerprint density at radius 1 is 1.29 bits per heavy atom. The number of imide groups is 1. The number of rotatable bonds is 3. The first-order valence-corrected chi connectivity index (χ1v) is 9.68. The van der Waals surface area contributed by atoms with E-state index < -0.39 is 5.54 Å². The van der Waals surface area contributed by atoms with Gasteiger partial charge in [-0.25, -0.2) is 9.78 Å². The lowest BCUT2D eigenvalue weighted by Crippen LogP contribution is -2.58. The number of aromatic nitrogens is 2. The van der Waals surface area contributed by atoms with Crippen LogP contribution in [0, 0.1) is 12.8 Å². The lowest BCUT2D eigenvalue weighted by atomic mass is 9.85. The number of piperidine rings is 1. The molecule has 148 valence electrons. The first-order chi connectivity index (χ1) is 13.3. The maximum absolute atomic E-state index is 12.9. The van der Waals surface area contributed by atoms with Crippen LogP contribution in [0.4, 0.5) is 4.79 Å². The highest BCUT2D eigenvalue weighted by molar-refractivity contribution is 6.07. The zero-order chi connectivity index (χ0) is 20.1. The third-order valence-electron chi connectivity index (χ3n) is 5.67. The van der Waals surface area contributed by atoms with Crippen LogP contribution in [0.2, 0.25) is 0 Å². The fraction of sp³-hybridized carbons (Fsp3) is 0.500. The van der Waals surface area contributed by atoms with Crippen molar-refractivity contribution in [1.29, 1.82) is 0 Å². The number of amides is 4. The Kier molecular flexibility index (Phi) is 4.36. The molecule has 2 aliphatic heterocycles. The van der Waals surface area contributed by atoms with Crippen molar-refractivity contribution in [2.24, 2.45) is 5.92 Å². The van der Waals surface area contributed by atoms with Crippen LogP contribution in [0.1, 0.15) is 42.7 Å². The molecule has 4 amide bonds. The molecule has 2 aliphatic rings. The molecular formula is C20H25N5O3. The molecule has 28 heavy (non-hydrogen) atoms. The van der Waals surface area contributed by atoms with E-state index in [1.165, 1.54) is 0 Å². The molecule has 0 bridgehead atoms. The molecule has 0 aromatic carbocycles. The third-order valence-corrected chi connectivity index (χ3v) is 5.67. The predicted molar refractivity (Wildman–Crippen MR) is 103 cm³/mol. The first kappa shape index (κ1) is 18.5. The average molecular weight is 383 g/mol. The average Bonchev–Trinajstić information content (AvgIpc) is 3.16. The number of nitrogens with zero attached hydrogens (tertiary/aromatic N) is 4. The molecule has 0 atom stereocenters. The van der Waals surface area contributed by atoms with Crippen molar-refractivity contribution in [1.82, 2.24) is 24.5 Å². The number of pyridine rings is 1. The minimum absolute atomic E-state index is 0.142. The second kappa shape index (κ2) is 6.61. The van der Waals surface area contributed by atoms with Gasteiger partial charge in [-0.2, -0.15) is 0 Å². The number of carbonyl (C=O) groups is 3. The molecule has 4 heterocycles. The van der Waals surface area contributed by atoms with E-state index in [2.05, 4.69) is 10.3 Å². The van der Waals surface area contributed by atoms with E-state index in [1.807, 2.05) is 43.5 Å². The summed E-state index contributed by atoms with van der Waals surface area (Å²) in [5, 5.41) is 2.46. The fourth-order valence-electron chi connectivity index (χ4n) is 4.15. The second-order valence-corrected chi connectivity index (χ2v) is 8.18. The molecular weight excluding hydrogens is 358 g/mol. The normalized spacial score (nSPS) is 19.1. The van der Waals surface area contributed by atoms with Crippen LogP contribution in [0.25, 0.3) is 5.65 Å². The minimum Gasteiger partial charge on any atom is -0.337 e. The van der Waals surface area contributed by atoms with Gasteiger partial charge < -0.3 is 14.2 Å². The summed E-state index contributed by atoms with van der Waals surface area (Å²) in [5.74, 6) is -0.126. The quantitative estimate of drug-likeness (QED) is 0.819. The zero-order valence-electron chi connectivity index (χ0n) is 16.4. The standard InChI is InChI=1S/C20H25N5O3/c1-13(2)11-25-19(28)22-18(27)20(25)5-8-23(9-6-20)17(26)15-12-24-7-4-14(3)10-16(24)21-15/h4,7,10,12-13H,5-6,8-9,11H2,1-3H3,(H,22,27,28). The van der Waals surface area contributed by atoms with Gasteiger partial charge >= 0.3 is 6.03 Å². The van der Waals surface area contributed by atoms with Crippen molar-refractivity contribution in [2.45, 2.75) is 39.2 Å². The molecule has 2 saturated heterocycles. The van der Waals surface area contributed by atoms with Gasteiger partial charge in [-0.05, 0) is 43.4 Å². The summed E-state index contributed by atoms with van der Waals surface area (Å²) in [5.41, 5.74) is 1.38. The zero-order valence-corrected chi connectivity index (χ0v) is 16.4. The van der Waals surface area contributed by atoms with Crippen molar-refractivity contribution in [3.8, 4) is 0 Å². The molecule has 1 spiro atoms. The number of imidazole rings is 1. The molecule has 2 fully saturated rings. The van der Waals surface area contributed by atoms with Crippen molar-refractivity contribution in [3.05, 3.63) is 35.8 Å². The fourth-order valence-corrected chi connectivity index (χ4v) is 4.15. The maximum atomic E-state index is 12.9. The summed E-state index contributed by atoms with van der Waals surface area (Å²) < 4.78 is 1.83.